The van der Waals surface area contributed by atoms with Gasteiger partial charge in [0, 0.05) is 18.8 Å². The van der Waals surface area contributed by atoms with E-state index in [1.54, 1.807) is 6.26 Å². The first-order valence-electron chi connectivity index (χ1n) is 9.98. The molecular formula is C22H26N4O2S. The standard InChI is InChI=1S/C22H26N4O2S/c1-15-6-8-18(9-7-15)26-21(19-5-4-10-28-19)23-24-22(26)29-14-20(27)25-12-16(2)11-17(3)13-25/h4-10,16-17H,11-14H2,1-3H3. The summed E-state index contributed by atoms with van der Waals surface area (Å²) >= 11 is 1.42. The van der Waals surface area contributed by atoms with Gasteiger partial charge in [0.05, 0.1) is 12.0 Å². The molecule has 0 spiro atoms. The second kappa shape index (κ2) is 8.45. The lowest BCUT2D eigenvalue weighted by atomic mass is 9.92. The fourth-order valence-corrected chi connectivity index (χ4v) is 4.79. The molecule has 2 aromatic heterocycles. The summed E-state index contributed by atoms with van der Waals surface area (Å²) in [6.07, 6.45) is 2.81. The average Bonchev–Trinajstić information content (AvgIpc) is 3.35. The third-order valence-corrected chi connectivity index (χ3v) is 6.13. The minimum absolute atomic E-state index is 0.159. The molecule has 1 saturated heterocycles. The number of carbonyl (C=O) groups is 1. The summed E-state index contributed by atoms with van der Waals surface area (Å²) in [5.74, 6) is 2.89. The van der Waals surface area contributed by atoms with Gasteiger partial charge in [0.15, 0.2) is 10.9 Å². The Kier molecular flexibility index (Phi) is 5.76. The van der Waals surface area contributed by atoms with Crippen molar-refractivity contribution in [3.63, 3.8) is 0 Å². The molecular weight excluding hydrogens is 384 g/mol. The molecule has 7 heteroatoms. The van der Waals surface area contributed by atoms with Crippen LogP contribution >= 0.6 is 11.8 Å². The largest absolute Gasteiger partial charge is 0.461 e. The predicted octanol–water partition coefficient (Wildman–Crippen LogP) is 4.43. The van der Waals surface area contributed by atoms with Gasteiger partial charge in [-0.2, -0.15) is 0 Å². The van der Waals surface area contributed by atoms with E-state index in [9.17, 15) is 4.79 Å². The van der Waals surface area contributed by atoms with Crippen LogP contribution in [0.4, 0.5) is 0 Å². The van der Waals surface area contributed by atoms with Crippen LogP contribution in [0.2, 0.25) is 0 Å². The lowest BCUT2D eigenvalue weighted by Crippen LogP contribution is -2.43. The normalized spacial score (nSPS) is 19.5. The van der Waals surface area contributed by atoms with Gasteiger partial charge in [0.25, 0.3) is 0 Å². The van der Waals surface area contributed by atoms with E-state index in [1.165, 1.54) is 23.7 Å². The highest BCUT2D eigenvalue weighted by molar-refractivity contribution is 7.99. The SMILES string of the molecule is Cc1ccc(-n2c(SCC(=O)N3CC(C)CC(C)C3)nnc2-c2ccco2)cc1. The van der Waals surface area contributed by atoms with Crippen LogP contribution in [0, 0.1) is 18.8 Å². The molecule has 3 heterocycles. The number of likely N-dealkylation sites (tertiary alicyclic amines) is 1. The van der Waals surface area contributed by atoms with Gasteiger partial charge in [-0.05, 0) is 49.4 Å². The molecule has 0 bridgehead atoms. The van der Waals surface area contributed by atoms with Crippen LogP contribution < -0.4 is 0 Å². The van der Waals surface area contributed by atoms with Crippen LogP contribution in [0.1, 0.15) is 25.8 Å². The van der Waals surface area contributed by atoms with Gasteiger partial charge in [-0.1, -0.05) is 43.3 Å². The summed E-state index contributed by atoms with van der Waals surface area (Å²) in [7, 11) is 0. The first kappa shape index (κ1) is 19.8. The fourth-order valence-electron chi connectivity index (χ4n) is 3.94. The van der Waals surface area contributed by atoms with Crippen LogP contribution in [0.15, 0.2) is 52.2 Å². The number of piperidine rings is 1. The third kappa shape index (κ3) is 4.40. The van der Waals surface area contributed by atoms with E-state index in [4.69, 9.17) is 4.42 Å². The zero-order valence-electron chi connectivity index (χ0n) is 17.0. The summed E-state index contributed by atoms with van der Waals surface area (Å²) < 4.78 is 7.51. The molecule has 1 fully saturated rings. The van der Waals surface area contributed by atoms with Crippen LogP contribution in [-0.2, 0) is 4.79 Å². The molecule has 0 aliphatic carbocycles. The summed E-state index contributed by atoms with van der Waals surface area (Å²) in [5, 5.41) is 9.40. The van der Waals surface area contributed by atoms with E-state index in [2.05, 4.69) is 43.1 Å². The Hall–Kier alpha value is -2.54. The van der Waals surface area contributed by atoms with Gasteiger partial charge >= 0.3 is 0 Å². The van der Waals surface area contributed by atoms with Crippen LogP contribution in [-0.4, -0.2) is 44.4 Å². The highest BCUT2D eigenvalue weighted by Crippen LogP contribution is 2.29. The number of nitrogens with zero attached hydrogens (tertiary/aromatic N) is 4. The van der Waals surface area contributed by atoms with Gasteiger partial charge in [-0.25, -0.2) is 0 Å². The highest BCUT2D eigenvalue weighted by atomic mass is 32.2. The molecule has 4 rings (SSSR count). The maximum Gasteiger partial charge on any atom is 0.233 e. The van der Waals surface area contributed by atoms with E-state index < -0.39 is 0 Å². The van der Waals surface area contributed by atoms with E-state index in [0.29, 0.717) is 34.3 Å². The van der Waals surface area contributed by atoms with E-state index in [-0.39, 0.29) is 5.91 Å². The number of hydrogen-bond acceptors (Lipinski definition) is 5. The maximum absolute atomic E-state index is 12.8. The van der Waals surface area contributed by atoms with Crippen molar-refractivity contribution in [2.75, 3.05) is 18.8 Å². The summed E-state index contributed by atoms with van der Waals surface area (Å²) in [6, 6.07) is 11.9. The van der Waals surface area contributed by atoms with E-state index >= 15 is 0 Å². The number of hydrogen-bond donors (Lipinski definition) is 0. The molecule has 2 atom stereocenters. The van der Waals surface area contributed by atoms with Gasteiger partial charge in [-0.3, -0.25) is 9.36 Å². The fraction of sp³-hybridized carbons (Fsp3) is 0.409. The Labute approximate surface area is 175 Å². The highest BCUT2D eigenvalue weighted by Gasteiger charge is 2.26. The zero-order chi connectivity index (χ0) is 20.4. The Morgan fingerprint density at radius 3 is 2.52 bits per heavy atom. The minimum Gasteiger partial charge on any atom is -0.461 e. The summed E-state index contributed by atoms with van der Waals surface area (Å²) in [4.78, 5) is 14.8. The van der Waals surface area contributed by atoms with Gasteiger partial charge in [0.1, 0.15) is 0 Å². The number of furan rings is 1. The molecule has 1 amide bonds. The first-order chi connectivity index (χ1) is 14.0. The number of amides is 1. The van der Waals surface area contributed by atoms with Gasteiger partial charge < -0.3 is 9.32 Å². The summed E-state index contributed by atoms with van der Waals surface area (Å²) in [5.41, 5.74) is 2.13. The lowest BCUT2D eigenvalue weighted by molar-refractivity contribution is -0.130. The van der Waals surface area contributed by atoms with Gasteiger partial charge in [-0.15, -0.1) is 10.2 Å². The number of rotatable bonds is 5. The van der Waals surface area contributed by atoms with Crippen molar-refractivity contribution in [1.29, 1.82) is 0 Å². The van der Waals surface area contributed by atoms with Crippen molar-refractivity contribution < 1.29 is 9.21 Å². The number of aromatic nitrogens is 3. The van der Waals surface area contributed by atoms with Crippen LogP contribution in [0.3, 0.4) is 0 Å². The van der Waals surface area contributed by atoms with Crippen molar-refractivity contribution in [2.24, 2.45) is 11.8 Å². The quantitative estimate of drug-likeness (QED) is 0.582. The molecule has 6 nitrogen and oxygen atoms in total. The molecule has 1 aromatic carbocycles. The number of carbonyl (C=O) groups excluding carboxylic acids is 1. The van der Waals surface area contributed by atoms with Crippen molar-refractivity contribution in [3.05, 3.63) is 48.2 Å². The van der Waals surface area contributed by atoms with Crippen molar-refractivity contribution in [2.45, 2.75) is 32.3 Å². The molecule has 152 valence electrons. The minimum atomic E-state index is 0.159. The van der Waals surface area contributed by atoms with E-state index in [1.807, 2.05) is 33.7 Å². The Morgan fingerprint density at radius 2 is 1.86 bits per heavy atom. The monoisotopic (exact) mass is 410 g/mol. The zero-order valence-corrected chi connectivity index (χ0v) is 17.9. The number of aryl methyl sites for hydroxylation is 1. The van der Waals surface area contributed by atoms with Crippen molar-refractivity contribution in [1.82, 2.24) is 19.7 Å². The number of thioether (sulfide) groups is 1. The maximum atomic E-state index is 12.8. The molecule has 0 saturated carbocycles. The van der Waals surface area contributed by atoms with Crippen LogP contribution in [0.25, 0.3) is 17.3 Å². The predicted molar refractivity (Wildman–Crippen MR) is 114 cm³/mol. The second-order valence-corrected chi connectivity index (χ2v) is 8.93. The molecule has 29 heavy (non-hydrogen) atoms. The number of benzene rings is 1. The molecule has 1 aliphatic heterocycles. The molecule has 0 radical (unpaired) electrons. The summed E-state index contributed by atoms with van der Waals surface area (Å²) in [6.45, 7) is 8.16. The molecule has 3 aromatic rings. The van der Waals surface area contributed by atoms with Crippen molar-refractivity contribution >= 4 is 17.7 Å². The topological polar surface area (TPSA) is 64.2 Å². The molecule has 0 N–H and O–H groups in total. The third-order valence-electron chi connectivity index (χ3n) is 5.21. The Balaban J connectivity index is 1.57. The molecule has 2 unspecified atom stereocenters. The van der Waals surface area contributed by atoms with Gasteiger partial charge in [0.2, 0.25) is 11.7 Å². The van der Waals surface area contributed by atoms with Crippen molar-refractivity contribution in [3.8, 4) is 17.3 Å². The average molecular weight is 411 g/mol. The Morgan fingerprint density at radius 1 is 1.14 bits per heavy atom. The second-order valence-electron chi connectivity index (χ2n) is 7.99. The van der Waals surface area contributed by atoms with E-state index in [0.717, 1.165) is 18.8 Å². The Bertz CT molecular complexity index is 955. The molecule has 1 aliphatic rings. The lowest BCUT2D eigenvalue weighted by Gasteiger charge is -2.34. The first-order valence-corrected chi connectivity index (χ1v) is 11.0. The van der Waals surface area contributed by atoms with Crippen LogP contribution in [0.5, 0.6) is 0 Å². The smallest absolute Gasteiger partial charge is 0.233 e.